The Balaban J connectivity index is 1.78. The number of ether oxygens (including phenoxy) is 2. The summed E-state index contributed by atoms with van der Waals surface area (Å²) >= 11 is 5.88. The van der Waals surface area contributed by atoms with Crippen molar-refractivity contribution in [2.45, 2.75) is 6.61 Å². The molecule has 0 aromatic heterocycles. The number of aldehydes is 1. The second-order valence-electron chi connectivity index (χ2n) is 5.51. The molecule has 0 fully saturated rings. The van der Waals surface area contributed by atoms with Crippen molar-refractivity contribution in [3.8, 4) is 22.6 Å². The average molecular weight is 353 g/mol. The molecule has 126 valence electrons. The van der Waals surface area contributed by atoms with Crippen LogP contribution in [0.3, 0.4) is 0 Å². The molecule has 3 rings (SSSR count). The van der Waals surface area contributed by atoms with Crippen molar-refractivity contribution in [1.29, 1.82) is 0 Å². The molecule has 0 unspecified atom stereocenters. The van der Waals surface area contributed by atoms with Gasteiger partial charge >= 0.3 is 0 Å². The molecule has 0 heterocycles. The number of carbonyl (C=O) groups is 1. The Morgan fingerprint density at radius 2 is 1.60 bits per heavy atom. The molecular formula is C21H17ClO3. The lowest BCUT2D eigenvalue weighted by atomic mass is 10.0. The second-order valence-corrected chi connectivity index (χ2v) is 5.95. The summed E-state index contributed by atoms with van der Waals surface area (Å²) in [6, 6.07) is 20.7. The van der Waals surface area contributed by atoms with E-state index in [4.69, 9.17) is 21.1 Å². The van der Waals surface area contributed by atoms with Crippen LogP contribution in [-0.4, -0.2) is 13.4 Å². The third-order valence-corrected chi connectivity index (χ3v) is 4.12. The highest BCUT2D eigenvalue weighted by molar-refractivity contribution is 6.30. The molecule has 0 bridgehead atoms. The zero-order chi connectivity index (χ0) is 17.6. The summed E-state index contributed by atoms with van der Waals surface area (Å²) in [4.78, 5) is 11.4. The fourth-order valence-electron chi connectivity index (χ4n) is 2.48. The Hall–Kier alpha value is -2.78. The number of halogens is 1. The summed E-state index contributed by atoms with van der Waals surface area (Å²) < 4.78 is 11.0. The third-order valence-electron chi connectivity index (χ3n) is 3.87. The van der Waals surface area contributed by atoms with Crippen LogP contribution in [0.5, 0.6) is 11.5 Å². The van der Waals surface area contributed by atoms with Crippen molar-refractivity contribution in [1.82, 2.24) is 0 Å². The summed E-state index contributed by atoms with van der Waals surface area (Å²) in [7, 11) is 1.63. The normalized spacial score (nSPS) is 10.3. The molecule has 4 heteroatoms. The molecular weight excluding hydrogens is 336 g/mol. The van der Waals surface area contributed by atoms with E-state index in [0.29, 0.717) is 22.9 Å². The van der Waals surface area contributed by atoms with Crippen molar-refractivity contribution in [2.75, 3.05) is 7.11 Å². The van der Waals surface area contributed by atoms with E-state index in [1.165, 1.54) is 0 Å². The Morgan fingerprint density at radius 3 is 2.24 bits per heavy atom. The number of carbonyl (C=O) groups excluding carboxylic acids is 1. The molecule has 0 amide bonds. The van der Waals surface area contributed by atoms with Crippen molar-refractivity contribution in [3.05, 3.63) is 82.9 Å². The number of methoxy groups -OCH3 is 1. The number of rotatable bonds is 6. The van der Waals surface area contributed by atoms with Crippen molar-refractivity contribution in [3.63, 3.8) is 0 Å². The quantitative estimate of drug-likeness (QED) is 0.556. The monoisotopic (exact) mass is 352 g/mol. The number of hydrogen-bond acceptors (Lipinski definition) is 3. The maximum atomic E-state index is 11.4. The molecule has 3 aromatic rings. The van der Waals surface area contributed by atoms with Crippen LogP contribution in [-0.2, 0) is 6.61 Å². The van der Waals surface area contributed by atoms with E-state index in [1.807, 2.05) is 66.7 Å². The van der Waals surface area contributed by atoms with E-state index < -0.39 is 0 Å². The van der Waals surface area contributed by atoms with Crippen LogP contribution in [0, 0.1) is 0 Å². The van der Waals surface area contributed by atoms with Crippen LogP contribution >= 0.6 is 11.6 Å². The predicted molar refractivity (Wildman–Crippen MR) is 99.6 cm³/mol. The van der Waals surface area contributed by atoms with Gasteiger partial charge in [0.05, 0.1) is 12.7 Å². The molecule has 0 N–H and O–H groups in total. The zero-order valence-corrected chi connectivity index (χ0v) is 14.5. The maximum Gasteiger partial charge on any atom is 0.153 e. The molecule has 0 aliphatic heterocycles. The van der Waals surface area contributed by atoms with E-state index in [2.05, 4.69) is 0 Å². The molecule has 0 saturated carbocycles. The summed E-state index contributed by atoms with van der Waals surface area (Å²) in [6.45, 7) is 0.375. The Kier molecular flexibility index (Phi) is 5.36. The van der Waals surface area contributed by atoms with Gasteiger partial charge in [0.25, 0.3) is 0 Å². The fourth-order valence-corrected chi connectivity index (χ4v) is 2.60. The van der Waals surface area contributed by atoms with Gasteiger partial charge in [0, 0.05) is 5.02 Å². The smallest absolute Gasteiger partial charge is 0.153 e. The molecule has 0 aliphatic carbocycles. The highest BCUT2D eigenvalue weighted by atomic mass is 35.5. The molecule has 3 nitrogen and oxygen atoms in total. The van der Waals surface area contributed by atoms with Crippen LogP contribution in [0.25, 0.3) is 11.1 Å². The maximum absolute atomic E-state index is 11.4. The number of hydrogen-bond donors (Lipinski definition) is 0. The van der Waals surface area contributed by atoms with Gasteiger partial charge in [-0.2, -0.15) is 0 Å². The highest BCUT2D eigenvalue weighted by Gasteiger charge is 2.07. The van der Waals surface area contributed by atoms with Gasteiger partial charge in [-0.3, -0.25) is 4.79 Å². The zero-order valence-electron chi connectivity index (χ0n) is 13.7. The highest BCUT2D eigenvalue weighted by Crippen LogP contribution is 2.28. The first-order valence-corrected chi connectivity index (χ1v) is 8.18. The molecule has 0 saturated heterocycles. The SMILES string of the molecule is COc1ccc(-c2ccc(OCc3ccc(Cl)cc3)c(C=O)c2)cc1. The first-order valence-electron chi connectivity index (χ1n) is 7.80. The second kappa shape index (κ2) is 7.86. The molecule has 0 spiro atoms. The van der Waals surface area contributed by atoms with E-state index in [9.17, 15) is 4.79 Å². The first-order chi connectivity index (χ1) is 12.2. The van der Waals surface area contributed by atoms with E-state index in [0.717, 1.165) is 28.7 Å². The molecule has 3 aromatic carbocycles. The summed E-state index contributed by atoms with van der Waals surface area (Å²) in [5.74, 6) is 1.35. The van der Waals surface area contributed by atoms with Crippen LogP contribution in [0.4, 0.5) is 0 Å². The summed E-state index contributed by atoms with van der Waals surface area (Å²) in [5.41, 5.74) is 3.46. The van der Waals surface area contributed by atoms with Crippen LogP contribution in [0.2, 0.25) is 5.02 Å². The van der Waals surface area contributed by atoms with Crippen molar-refractivity contribution >= 4 is 17.9 Å². The van der Waals surface area contributed by atoms with E-state index in [-0.39, 0.29) is 0 Å². The Morgan fingerprint density at radius 1 is 0.920 bits per heavy atom. The van der Waals surface area contributed by atoms with Crippen LogP contribution in [0.15, 0.2) is 66.7 Å². The lowest BCUT2D eigenvalue weighted by Gasteiger charge is -2.11. The van der Waals surface area contributed by atoms with Gasteiger partial charge < -0.3 is 9.47 Å². The lowest BCUT2D eigenvalue weighted by molar-refractivity contribution is 0.111. The van der Waals surface area contributed by atoms with Gasteiger partial charge in [-0.1, -0.05) is 41.9 Å². The Bertz CT molecular complexity index is 855. The Labute approximate surface area is 151 Å². The van der Waals surface area contributed by atoms with Gasteiger partial charge in [0.15, 0.2) is 6.29 Å². The minimum absolute atomic E-state index is 0.375. The lowest BCUT2D eigenvalue weighted by Crippen LogP contribution is -1.98. The number of benzene rings is 3. The molecule has 0 atom stereocenters. The van der Waals surface area contributed by atoms with Gasteiger partial charge in [0.1, 0.15) is 18.1 Å². The molecule has 25 heavy (non-hydrogen) atoms. The third kappa shape index (κ3) is 4.20. The van der Waals surface area contributed by atoms with Crippen molar-refractivity contribution < 1.29 is 14.3 Å². The molecule has 0 aliphatic rings. The summed E-state index contributed by atoms with van der Waals surface area (Å²) in [5, 5.41) is 0.682. The summed E-state index contributed by atoms with van der Waals surface area (Å²) in [6.07, 6.45) is 0.810. The van der Waals surface area contributed by atoms with Gasteiger partial charge in [0.2, 0.25) is 0 Å². The largest absolute Gasteiger partial charge is 0.497 e. The average Bonchev–Trinajstić information content (AvgIpc) is 2.67. The van der Waals surface area contributed by atoms with Gasteiger partial charge in [-0.05, 0) is 53.1 Å². The standard InChI is InChI=1S/C21H17ClO3/c1-24-20-9-4-16(5-10-20)17-6-11-21(18(12-17)13-23)25-14-15-2-7-19(22)8-3-15/h2-13H,14H2,1H3. The predicted octanol–water partition coefficient (Wildman–Crippen LogP) is 5.41. The fraction of sp³-hybridized carbons (Fsp3) is 0.0952. The minimum atomic E-state index is 0.375. The minimum Gasteiger partial charge on any atom is -0.497 e. The van der Waals surface area contributed by atoms with E-state index >= 15 is 0 Å². The van der Waals surface area contributed by atoms with Crippen LogP contribution < -0.4 is 9.47 Å². The molecule has 0 radical (unpaired) electrons. The van der Waals surface area contributed by atoms with E-state index in [1.54, 1.807) is 7.11 Å². The van der Waals surface area contributed by atoms with Gasteiger partial charge in [-0.25, -0.2) is 0 Å². The van der Waals surface area contributed by atoms with Gasteiger partial charge in [-0.15, -0.1) is 0 Å². The topological polar surface area (TPSA) is 35.5 Å². The first kappa shape index (κ1) is 17.1. The van der Waals surface area contributed by atoms with Crippen LogP contribution in [0.1, 0.15) is 15.9 Å². The van der Waals surface area contributed by atoms with Crippen molar-refractivity contribution in [2.24, 2.45) is 0 Å².